The van der Waals surface area contributed by atoms with Crippen molar-refractivity contribution >= 4 is 28.3 Å². The van der Waals surface area contributed by atoms with Gasteiger partial charge in [-0.25, -0.2) is 12.8 Å². The van der Waals surface area contributed by atoms with Gasteiger partial charge in [0.15, 0.2) is 0 Å². The highest BCUT2D eigenvalue weighted by atomic mass is 35.5. The van der Waals surface area contributed by atoms with E-state index in [1.165, 1.54) is 12.1 Å². The van der Waals surface area contributed by atoms with Crippen LogP contribution < -0.4 is 5.32 Å². The summed E-state index contributed by atoms with van der Waals surface area (Å²) in [5.74, 6) is -1.12. The highest BCUT2D eigenvalue weighted by Crippen LogP contribution is 2.34. The summed E-state index contributed by atoms with van der Waals surface area (Å²) >= 11 is 0. The molecule has 1 aromatic rings. The van der Waals surface area contributed by atoms with Gasteiger partial charge in [-0.1, -0.05) is 0 Å². The Balaban J connectivity index is 0.00000210. The van der Waals surface area contributed by atoms with Gasteiger partial charge in [0, 0.05) is 31.7 Å². The molecule has 0 saturated carbocycles. The smallest absolute Gasteiger partial charge is 0.256 e. The molecule has 1 aromatic carbocycles. The van der Waals surface area contributed by atoms with Crippen LogP contribution in [0.4, 0.5) is 4.39 Å². The minimum atomic E-state index is -3.78. The number of carbonyl (C=O) groups is 1. The summed E-state index contributed by atoms with van der Waals surface area (Å²) in [5, 5.41) is 3.27. The van der Waals surface area contributed by atoms with Gasteiger partial charge in [-0.2, -0.15) is 4.31 Å². The van der Waals surface area contributed by atoms with E-state index in [0.29, 0.717) is 19.6 Å². The van der Waals surface area contributed by atoms with Crippen molar-refractivity contribution in [2.24, 2.45) is 0 Å². The second kappa shape index (κ2) is 8.03. The van der Waals surface area contributed by atoms with Gasteiger partial charge in [0.2, 0.25) is 10.0 Å². The average Bonchev–Trinajstić information content (AvgIpc) is 3.21. The summed E-state index contributed by atoms with van der Waals surface area (Å²) in [6.07, 6.45) is 4.28. The van der Waals surface area contributed by atoms with Gasteiger partial charge in [-0.3, -0.25) is 4.79 Å². The maximum absolute atomic E-state index is 14.6. The first-order valence-corrected chi connectivity index (χ1v) is 10.8. The van der Waals surface area contributed by atoms with Crippen molar-refractivity contribution in [1.82, 2.24) is 14.5 Å². The molecule has 3 aliphatic heterocycles. The maximum atomic E-state index is 14.6. The van der Waals surface area contributed by atoms with Crippen LogP contribution in [0.15, 0.2) is 23.1 Å². The van der Waals surface area contributed by atoms with E-state index in [4.69, 9.17) is 0 Å². The topological polar surface area (TPSA) is 69.7 Å². The van der Waals surface area contributed by atoms with Gasteiger partial charge in [0.05, 0.1) is 10.5 Å². The molecule has 0 spiro atoms. The van der Waals surface area contributed by atoms with Crippen LogP contribution in [0.3, 0.4) is 0 Å². The number of nitrogens with one attached hydrogen (secondary N) is 1. The molecule has 9 heteroatoms. The lowest BCUT2D eigenvalue weighted by molar-refractivity contribution is 0.0788. The Labute approximate surface area is 165 Å². The van der Waals surface area contributed by atoms with Crippen molar-refractivity contribution in [3.05, 3.63) is 29.6 Å². The van der Waals surface area contributed by atoms with Crippen LogP contribution >= 0.6 is 12.4 Å². The summed E-state index contributed by atoms with van der Waals surface area (Å²) in [4.78, 5) is 14.0. The molecular formula is C18H25ClFN3O3S. The van der Waals surface area contributed by atoms with E-state index >= 15 is 0 Å². The minimum absolute atomic E-state index is 0. The highest BCUT2D eigenvalue weighted by molar-refractivity contribution is 7.89. The van der Waals surface area contributed by atoms with Gasteiger partial charge in [0.25, 0.3) is 5.91 Å². The quantitative estimate of drug-likeness (QED) is 0.816. The lowest BCUT2D eigenvalue weighted by Crippen LogP contribution is -2.42. The van der Waals surface area contributed by atoms with E-state index in [9.17, 15) is 17.6 Å². The first-order chi connectivity index (χ1) is 12.5. The molecule has 6 nitrogen and oxygen atoms in total. The molecule has 4 rings (SSSR count). The Morgan fingerprint density at radius 1 is 1.11 bits per heavy atom. The van der Waals surface area contributed by atoms with Crippen molar-refractivity contribution in [3.63, 3.8) is 0 Å². The van der Waals surface area contributed by atoms with Gasteiger partial charge < -0.3 is 10.2 Å². The average molecular weight is 418 g/mol. The zero-order valence-electron chi connectivity index (χ0n) is 15.1. The van der Waals surface area contributed by atoms with Gasteiger partial charge in [-0.05, 0) is 56.8 Å². The second-order valence-electron chi connectivity index (χ2n) is 7.35. The molecule has 1 N–H and O–H groups in total. The number of halogens is 2. The third-order valence-electron chi connectivity index (χ3n) is 5.73. The minimum Gasteiger partial charge on any atom is -0.339 e. The van der Waals surface area contributed by atoms with Crippen LogP contribution in [0.5, 0.6) is 0 Å². The van der Waals surface area contributed by atoms with Crippen LogP contribution in [0.25, 0.3) is 0 Å². The van der Waals surface area contributed by atoms with Crippen molar-refractivity contribution in [2.45, 2.75) is 49.1 Å². The Morgan fingerprint density at radius 3 is 2.52 bits per heavy atom. The van der Waals surface area contributed by atoms with Crippen LogP contribution in [0.1, 0.15) is 42.5 Å². The largest absolute Gasteiger partial charge is 0.339 e. The highest BCUT2D eigenvalue weighted by Gasteiger charge is 2.43. The van der Waals surface area contributed by atoms with Crippen molar-refractivity contribution in [1.29, 1.82) is 0 Å². The monoisotopic (exact) mass is 417 g/mol. The number of likely N-dealkylation sites (tertiary alicyclic amines) is 1. The molecule has 2 unspecified atom stereocenters. The molecule has 27 heavy (non-hydrogen) atoms. The normalized spacial score (nSPS) is 25.9. The molecule has 3 heterocycles. The summed E-state index contributed by atoms with van der Waals surface area (Å²) in [6.45, 7) is 2.68. The first-order valence-electron chi connectivity index (χ1n) is 9.31. The molecule has 2 atom stereocenters. The fourth-order valence-corrected chi connectivity index (χ4v) is 6.28. The van der Waals surface area contributed by atoms with Crippen LogP contribution in [0, 0.1) is 5.82 Å². The number of hydrogen-bond donors (Lipinski definition) is 1. The van der Waals surface area contributed by atoms with Gasteiger partial charge in [-0.15, -0.1) is 12.4 Å². The number of amides is 1. The third kappa shape index (κ3) is 3.72. The van der Waals surface area contributed by atoms with Crippen LogP contribution in [-0.4, -0.2) is 61.8 Å². The number of rotatable bonds is 3. The summed E-state index contributed by atoms with van der Waals surface area (Å²) in [5.41, 5.74) is -0.0497. The third-order valence-corrected chi connectivity index (χ3v) is 7.73. The maximum Gasteiger partial charge on any atom is 0.256 e. The Morgan fingerprint density at radius 2 is 1.81 bits per heavy atom. The summed E-state index contributed by atoms with van der Waals surface area (Å²) in [7, 11) is -3.78. The predicted molar refractivity (Wildman–Crippen MR) is 102 cm³/mol. The summed E-state index contributed by atoms with van der Waals surface area (Å²) < 4.78 is 42.4. The van der Waals surface area contributed by atoms with Crippen molar-refractivity contribution in [3.8, 4) is 0 Å². The molecule has 1 amide bonds. The van der Waals surface area contributed by atoms with Gasteiger partial charge >= 0.3 is 0 Å². The van der Waals surface area contributed by atoms with Crippen molar-refractivity contribution in [2.75, 3.05) is 26.2 Å². The van der Waals surface area contributed by atoms with Crippen LogP contribution in [0.2, 0.25) is 0 Å². The Bertz CT molecular complexity index is 800. The number of hydrogen-bond acceptors (Lipinski definition) is 4. The molecular weight excluding hydrogens is 393 g/mol. The second-order valence-corrected chi connectivity index (χ2v) is 9.20. The molecule has 0 aliphatic carbocycles. The molecule has 3 saturated heterocycles. The SMILES string of the molecule is Cl.O=C(c1ccc(S(=O)(=O)N2C3CCNCC2CC3)cc1F)N1CCCC1. The lowest BCUT2D eigenvalue weighted by Gasteiger charge is -2.27. The van der Waals surface area contributed by atoms with E-state index in [1.54, 1.807) is 9.21 Å². The van der Waals surface area contributed by atoms with E-state index in [1.807, 2.05) is 0 Å². The molecule has 3 fully saturated rings. The lowest BCUT2D eigenvalue weighted by atomic mass is 10.1. The zero-order chi connectivity index (χ0) is 18.3. The zero-order valence-corrected chi connectivity index (χ0v) is 16.7. The summed E-state index contributed by atoms with van der Waals surface area (Å²) in [6, 6.07) is 3.59. The van der Waals surface area contributed by atoms with Crippen LogP contribution in [-0.2, 0) is 10.0 Å². The van der Waals surface area contributed by atoms with Crippen molar-refractivity contribution < 1.29 is 17.6 Å². The van der Waals surface area contributed by atoms with E-state index in [0.717, 1.165) is 44.7 Å². The standard InChI is InChI=1S/C18H24FN3O3S.ClH/c19-17-11-15(5-6-16(17)18(23)21-9-1-2-10-21)26(24,25)22-13-3-4-14(22)12-20-8-7-13;/h5-6,11,13-14,20H,1-4,7-10,12H2;1H. The molecule has 0 aromatic heterocycles. The fraction of sp³-hybridized carbons (Fsp3) is 0.611. The number of sulfonamides is 1. The number of fused-ring (bicyclic) bond motifs is 2. The Hall–Kier alpha value is -1.22. The fourth-order valence-electron chi connectivity index (χ4n) is 4.37. The Kier molecular flexibility index (Phi) is 6.10. The molecule has 0 radical (unpaired) electrons. The van der Waals surface area contributed by atoms with E-state index < -0.39 is 15.8 Å². The molecule has 2 bridgehead atoms. The first kappa shape index (κ1) is 20.5. The predicted octanol–water partition coefficient (Wildman–Crippen LogP) is 2.00. The number of nitrogens with zero attached hydrogens (tertiary/aromatic N) is 2. The van der Waals surface area contributed by atoms with E-state index in [2.05, 4.69) is 5.32 Å². The number of benzene rings is 1. The van der Waals surface area contributed by atoms with E-state index in [-0.39, 0.29) is 40.9 Å². The molecule has 3 aliphatic rings. The molecule has 150 valence electrons. The van der Waals surface area contributed by atoms with Gasteiger partial charge in [0.1, 0.15) is 5.82 Å². The number of carbonyl (C=O) groups excluding carboxylic acids is 1.